The molecule has 0 aliphatic rings. The van der Waals surface area contributed by atoms with Gasteiger partial charge in [0.1, 0.15) is 11.6 Å². The van der Waals surface area contributed by atoms with Gasteiger partial charge in [-0.25, -0.2) is 4.39 Å². The van der Waals surface area contributed by atoms with E-state index in [0.29, 0.717) is 5.56 Å². The van der Waals surface area contributed by atoms with Crippen molar-refractivity contribution in [3.63, 3.8) is 0 Å². The minimum atomic E-state index is -0.568. The molecular formula is C18H14FNO2. The second-order valence-electron chi connectivity index (χ2n) is 5.34. The zero-order valence-electron chi connectivity index (χ0n) is 12.2. The number of pyridine rings is 1. The third-order valence-electron chi connectivity index (χ3n) is 3.76. The molecule has 3 rings (SSSR count). The van der Waals surface area contributed by atoms with Gasteiger partial charge in [0, 0.05) is 17.1 Å². The molecule has 1 aromatic heterocycles. The molecule has 3 aromatic rings. The van der Waals surface area contributed by atoms with Crippen LogP contribution in [0.15, 0.2) is 42.6 Å². The summed E-state index contributed by atoms with van der Waals surface area (Å²) in [5, 5.41) is 10.6. The van der Waals surface area contributed by atoms with E-state index in [1.165, 1.54) is 12.3 Å². The Morgan fingerprint density at radius 3 is 2.59 bits per heavy atom. The predicted octanol–water partition coefficient (Wildman–Crippen LogP) is 3.93. The molecule has 1 N–H and O–H groups in total. The summed E-state index contributed by atoms with van der Waals surface area (Å²) in [5.41, 5.74) is 3.28. The van der Waals surface area contributed by atoms with Crippen LogP contribution in [0.2, 0.25) is 0 Å². The van der Waals surface area contributed by atoms with E-state index < -0.39 is 11.6 Å². The van der Waals surface area contributed by atoms with Crippen molar-refractivity contribution in [3.8, 4) is 5.75 Å². The second-order valence-corrected chi connectivity index (χ2v) is 5.34. The summed E-state index contributed by atoms with van der Waals surface area (Å²) in [7, 11) is 0. The summed E-state index contributed by atoms with van der Waals surface area (Å²) < 4.78 is 13.3. The fourth-order valence-corrected chi connectivity index (χ4v) is 2.36. The van der Waals surface area contributed by atoms with Crippen LogP contribution in [0.3, 0.4) is 0 Å². The first-order chi connectivity index (χ1) is 10.5. The standard InChI is InChI=1S/C18H14FNO2/c1-10-5-12-7-13(9-20-16(12)6-11(10)2)18(22)15-8-14(19)3-4-17(15)21/h3-9,21H,1-2H3. The number of hydrogen-bond acceptors (Lipinski definition) is 3. The number of hydrogen-bond donors (Lipinski definition) is 1. The van der Waals surface area contributed by atoms with Crippen molar-refractivity contribution >= 4 is 16.7 Å². The number of phenols is 1. The zero-order chi connectivity index (χ0) is 15.9. The van der Waals surface area contributed by atoms with Gasteiger partial charge < -0.3 is 5.11 Å². The number of carbonyl (C=O) groups excluding carboxylic acids is 1. The lowest BCUT2D eigenvalue weighted by molar-refractivity contribution is 0.103. The van der Waals surface area contributed by atoms with Crippen LogP contribution in [0, 0.1) is 19.7 Å². The van der Waals surface area contributed by atoms with Crippen molar-refractivity contribution in [3.05, 3.63) is 70.7 Å². The number of rotatable bonds is 2. The molecule has 0 saturated heterocycles. The van der Waals surface area contributed by atoms with E-state index >= 15 is 0 Å². The summed E-state index contributed by atoms with van der Waals surface area (Å²) in [6.07, 6.45) is 1.45. The van der Waals surface area contributed by atoms with Crippen LogP contribution in [-0.2, 0) is 0 Å². The summed E-state index contributed by atoms with van der Waals surface area (Å²) in [4.78, 5) is 16.7. The van der Waals surface area contributed by atoms with E-state index in [-0.39, 0.29) is 11.3 Å². The Hall–Kier alpha value is -2.75. The maximum absolute atomic E-state index is 13.3. The molecule has 0 spiro atoms. The number of benzene rings is 2. The van der Waals surface area contributed by atoms with E-state index in [1.54, 1.807) is 6.07 Å². The number of aryl methyl sites for hydroxylation is 2. The van der Waals surface area contributed by atoms with Gasteiger partial charge in [0.05, 0.1) is 11.1 Å². The highest BCUT2D eigenvalue weighted by Gasteiger charge is 2.15. The van der Waals surface area contributed by atoms with Gasteiger partial charge in [-0.15, -0.1) is 0 Å². The Morgan fingerprint density at radius 1 is 1.09 bits per heavy atom. The number of carbonyl (C=O) groups is 1. The highest BCUT2D eigenvalue weighted by atomic mass is 19.1. The lowest BCUT2D eigenvalue weighted by atomic mass is 10.0. The molecule has 0 atom stereocenters. The van der Waals surface area contributed by atoms with Gasteiger partial charge in [0.25, 0.3) is 0 Å². The fraction of sp³-hybridized carbons (Fsp3) is 0.111. The first-order valence-corrected chi connectivity index (χ1v) is 6.86. The summed E-state index contributed by atoms with van der Waals surface area (Å²) >= 11 is 0. The van der Waals surface area contributed by atoms with Crippen LogP contribution in [-0.4, -0.2) is 15.9 Å². The molecule has 2 aromatic carbocycles. The third-order valence-corrected chi connectivity index (χ3v) is 3.76. The predicted molar refractivity (Wildman–Crippen MR) is 82.7 cm³/mol. The van der Waals surface area contributed by atoms with Crippen LogP contribution in [0.5, 0.6) is 5.75 Å². The summed E-state index contributed by atoms with van der Waals surface area (Å²) in [6.45, 7) is 3.99. The van der Waals surface area contributed by atoms with E-state index in [2.05, 4.69) is 4.98 Å². The minimum absolute atomic E-state index is 0.0648. The lowest BCUT2D eigenvalue weighted by Crippen LogP contribution is -2.03. The molecule has 0 amide bonds. The molecule has 22 heavy (non-hydrogen) atoms. The quantitative estimate of drug-likeness (QED) is 0.729. The first-order valence-electron chi connectivity index (χ1n) is 6.86. The number of aromatic nitrogens is 1. The number of ketones is 1. The van der Waals surface area contributed by atoms with Gasteiger partial charge in [0.2, 0.25) is 0 Å². The number of halogens is 1. The number of phenolic OH excluding ortho intramolecular Hbond substituents is 1. The van der Waals surface area contributed by atoms with Crippen molar-refractivity contribution in [2.24, 2.45) is 0 Å². The highest BCUT2D eigenvalue weighted by molar-refractivity contribution is 6.11. The molecule has 0 radical (unpaired) electrons. The lowest BCUT2D eigenvalue weighted by Gasteiger charge is -2.07. The first kappa shape index (κ1) is 14.2. The number of fused-ring (bicyclic) bond motifs is 1. The molecule has 0 fully saturated rings. The number of nitrogens with zero attached hydrogens (tertiary/aromatic N) is 1. The van der Waals surface area contributed by atoms with Crippen molar-refractivity contribution in [2.75, 3.05) is 0 Å². The topological polar surface area (TPSA) is 50.2 Å². The molecule has 0 bridgehead atoms. The molecule has 0 unspecified atom stereocenters. The smallest absolute Gasteiger partial charge is 0.198 e. The maximum atomic E-state index is 13.3. The van der Waals surface area contributed by atoms with Gasteiger partial charge in [0.15, 0.2) is 5.78 Å². The molecule has 3 nitrogen and oxygen atoms in total. The molecule has 110 valence electrons. The minimum Gasteiger partial charge on any atom is -0.507 e. The highest BCUT2D eigenvalue weighted by Crippen LogP contribution is 2.24. The Bertz CT molecular complexity index is 903. The molecule has 0 aliphatic carbocycles. The third kappa shape index (κ3) is 2.44. The summed E-state index contributed by atoms with van der Waals surface area (Å²) in [6, 6.07) is 8.93. The maximum Gasteiger partial charge on any atom is 0.198 e. The average molecular weight is 295 g/mol. The van der Waals surface area contributed by atoms with Crippen LogP contribution in [0.1, 0.15) is 27.0 Å². The van der Waals surface area contributed by atoms with E-state index in [9.17, 15) is 14.3 Å². The van der Waals surface area contributed by atoms with Crippen LogP contribution in [0.4, 0.5) is 4.39 Å². The normalized spacial score (nSPS) is 10.9. The monoisotopic (exact) mass is 295 g/mol. The molecular weight excluding hydrogens is 281 g/mol. The van der Waals surface area contributed by atoms with E-state index in [1.807, 2.05) is 26.0 Å². The SMILES string of the molecule is Cc1cc2cc(C(=O)c3cc(F)ccc3O)cnc2cc1C. The Kier molecular flexibility index (Phi) is 3.37. The second kappa shape index (κ2) is 5.22. The summed E-state index contributed by atoms with van der Waals surface area (Å²) in [5.74, 6) is -1.27. The number of aromatic hydroxyl groups is 1. The zero-order valence-corrected chi connectivity index (χ0v) is 12.2. The van der Waals surface area contributed by atoms with Gasteiger partial charge in [-0.1, -0.05) is 0 Å². The van der Waals surface area contributed by atoms with Crippen molar-refractivity contribution < 1.29 is 14.3 Å². The van der Waals surface area contributed by atoms with Crippen molar-refractivity contribution in [1.29, 1.82) is 0 Å². The van der Waals surface area contributed by atoms with Crippen molar-refractivity contribution in [1.82, 2.24) is 4.98 Å². The Morgan fingerprint density at radius 2 is 1.82 bits per heavy atom. The van der Waals surface area contributed by atoms with E-state index in [0.717, 1.165) is 34.2 Å². The van der Waals surface area contributed by atoms with Crippen LogP contribution < -0.4 is 0 Å². The van der Waals surface area contributed by atoms with E-state index in [4.69, 9.17) is 0 Å². The molecule has 4 heteroatoms. The van der Waals surface area contributed by atoms with Gasteiger partial charge in [-0.05, 0) is 61.4 Å². The van der Waals surface area contributed by atoms with Crippen LogP contribution >= 0.6 is 0 Å². The Labute approximate surface area is 127 Å². The van der Waals surface area contributed by atoms with Gasteiger partial charge in [-0.2, -0.15) is 0 Å². The van der Waals surface area contributed by atoms with Crippen molar-refractivity contribution in [2.45, 2.75) is 13.8 Å². The van der Waals surface area contributed by atoms with Gasteiger partial charge in [-0.3, -0.25) is 9.78 Å². The van der Waals surface area contributed by atoms with Crippen LogP contribution in [0.25, 0.3) is 10.9 Å². The fourth-order valence-electron chi connectivity index (χ4n) is 2.36. The van der Waals surface area contributed by atoms with Gasteiger partial charge >= 0.3 is 0 Å². The average Bonchev–Trinajstić information content (AvgIpc) is 2.50. The molecule has 0 saturated carbocycles. The largest absolute Gasteiger partial charge is 0.507 e. The molecule has 1 heterocycles. The molecule has 0 aliphatic heterocycles. The Balaban J connectivity index is 2.11.